The minimum Gasteiger partial charge on any atom is -0.508 e. The van der Waals surface area contributed by atoms with Gasteiger partial charge in [0.1, 0.15) is 17.2 Å². The Bertz CT molecular complexity index is 1020. The number of rotatable bonds is 2. The van der Waals surface area contributed by atoms with E-state index in [1.54, 1.807) is 28.4 Å². The summed E-state index contributed by atoms with van der Waals surface area (Å²) in [6.07, 6.45) is -0.261. The number of fused-ring (bicyclic) bond motifs is 1. The highest BCUT2D eigenvalue weighted by Gasteiger charge is 2.27. The summed E-state index contributed by atoms with van der Waals surface area (Å²) in [5.74, 6) is 1.18. The van der Waals surface area contributed by atoms with Gasteiger partial charge in [-0.05, 0) is 62.5 Å². The van der Waals surface area contributed by atoms with Crippen molar-refractivity contribution in [2.24, 2.45) is 0 Å². The van der Waals surface area contributed by atoms with Crippen LogP contribution in [0.1, 0.15) is 20.8 Å². The molecule has 3 aromatic rings. The van der Waals surface area contributed by atoms with E-state index in [1.165, 1.54) is 4.70 Å². The number of aromatic hydroxyl groups is 1. The first kappa shape index (κ1) is 19.5. The molecule has 1 aliphatic heterocycles. The molecule has 1 N–H and O–H groups in total. The first-order chi connectivity index (χ1) is 13.8. The molecule has 3 heterocycles. The summed E-state index contributed by atoms with van der Waals surface area (Å²) in [7, 11) is 0. The van der Waals surface area contributed by atoms with E-state index in [1.807, 2.05) is 32.9 Å². The van der Waals surface area contributed by atoms with Gasteiger partial charge in [0.2, 0.25) is 0 Å². The van der Waals surface area contributed by atoms with Crippen molar-refractivity contribution in [2.75, 3.05) is 31.1 Å². The molecule has 1 amide bonds. The van der Waals surface area contributed by atoms with Crippen LogP contribution >= 0.6 is 11.3 Å². The van der Waals surface area contributed by atoms with E-state index >= 15 is 0 Å². The molecule has 152 valence electrons. The number of carbonyl (C=O) groups is 1. The third-order valence-electron chi connectivity index (χ3n) is 4.82. The molecule has 1 aromatic carbocycles. The number of amides is 1. The molecule has 0 spiro atoms. The van der Waals surface area contributed by atoms with Crippen LogP contribution in [0.5, 0.6) is 5.75 Å². The standard InChI is InChI=1S/C22H25N3O3S/c1-22(2,3)28-21(27)25-11-9-24(10-12-25)20-17-8-13-29-19(17)14-18(23-20)15-4-6-16(26)7-5-15/h4-8,13-14,26H,9-12H2,1-3H3. The SMILES string of the molecule is CC(C)(C)OC(=O)N1CCN(c2nc(-c3ccc(O)cc3)cc3sccc23)CC1. The molecule has 4 rings (SSSR count). The number of ether oxygens (including phenoxy) is 1. The number of pyridine rings is 1. The summed E-state index contributed by atoms with van der Waals surface area (Å²) in [5.41, 5.74) is 1.35. The van der Waals surface area contributed by atoms with Gasteiger partial charge in [0.05, 0.1) is 5.69 Å². The Morgan fingerprint density at radius 1 is 1.10 bits per heavy atom. The molecule has 29 heavy (non-hydrogen) atoms. The van der Waals surface area contributed by atoms with Crippen molar-refractivity contribution in [1.82, 2.24) is 9.88 Å². The van der Waals surface area contributed by atoms with Gasteiger partial charge >= 0.3 is 6.09 Å². The lowest BCUT2D eigenvalue weighted by atomic mass is 10.1. The number of anilines is 1. The van der Waals surface area contributed by atoms with E-state index in [0.29, 0.717) is 26.2 Å². The summed E-state index contributed by atoms with van der Waals surface area (Å²) in [6.45, 7) is 8.26. The highest BCUT2D eigenvalue weighted by Crippen LogP contribution is 2.34. The van der Waals surface area contributed by atoms with Gasteiger partial charge in [-0.2, -0.15) is 0 Å². The molecule has 1 saturated heterocycles. The normalized spacial score (nSPS) is 15.0. The lowest BCUT2D eigenvalue weighted by Crippen LogP contribution is -2.50. The van der Waals surface area contributed by atoms with Crippen LogP contribution in [0, 0.1) is 0 Å². The third kappa shape index (κ3) is 4.29. The van der Waals surface area contributed by atoms with Gasteiger partial charge in [-0.25, -0.2) is 9.78 Å². The van der Waals surface area contributed by atoms with Crippen LogP contribution in [-0.2, 0) is 4.74 Å². The molecule has 0 radical (unpaired) electrons. The second kappa shape index (κ2) is 7.55. The van der Waals surface area contributed by atoms with Crippen LogP contribution in [0.25, 0.3) is 21.3 Å². The van der Waals surface area contributed by atoms with Gasteiger partial charge in [-0.1, -0.05) is 0 Å². The van der Waals surface area contributed by atoms with Gasteiger partial charge in [0, 0.05) is 41.8 Å². The lowest BCUT2D eigenvalue weighted by molar-refractivity contribution is 0.0240. The number of phenolic OH excluding ortho intramolecular Hbond substituents is 1. The van der Waals surface area contributed by atoms with E-state index < -0.39 is 5.60 Å². The second-order valence-corrected chi connectivity index (χ2v) is 9.11. The fourth-order valence-electron chi connectivity index (χ4n) is 3.40. The quantitative estimate of drug-likeness (QED) is 0.661. The summed E-state index contributed by atoms with van der Waals surface area (Å²) < 4.78 is 6.67. The summed E-state index contributed by atoms with van der Waals surface area (Å²) in [6, 6.07) is 11.3. The van der Waals surface area contributed by atoms with Gasteiger partial charge in [-0.3, -0.25) is 0 Å². The zero-order valence-electron chi connectivity index (χ0n) is 16.9. The van der Waals surface area contributed by atoms with Crippen molar-refractivity contribution in [2.45, 2.75) is 26.4 Å². The maximum Gasteiger partial charge on any atom is 0.410 e. The predicted molar refractivity (Wildman–Crippen MR) is 117 cm³/mol. The maximum atomic E-state index is 12.3. The molecule has 0 bridgehead atoms. The van der Waals surface area contributed by atoms with Crippen LogP contribution in [0.15, 0.2) is 41.8 Å². The Hall–Kier alpha value is -2.80. The fourth-order valence-corrected chi connectivity index (χ4v) is 4.21. The Labute approximate surface area is 174 Å². The highest BCUT2D eigenvalue weighted by atomic mass is 32.1. The minimum absolute atomic E-state index is 0.240. The first-order valence-corrected chi connectivity index (χ1v) is 10.6. The van der Waals surface area contributed by atoms with Gasteiger partial charge in [0.25, 0.3) is 0 Å². The Kier molecular flexibility index (Phi) is 5.08. The number of benzene rings is 1. The molecule has 0 saturated carbocycles. The summed E-state index contributed by atoms with van der Waals surface area (Å²) >= 11 is 1.69. The van der Waals surface area contributed by atoms with E-state index in [2.05, 4.69) is 22.4 Å². The maximum absolute atomic E-state index is 12.3. The minimum atomic E-state index is -0.489. The van der Waals surface area contributed by atoms with Crippen molar-refractivity contribution >= 4 is 33.3 Å². The largest absolute Gasteiger partial charge is 0.508 e. The number of phenols is 1. The van der Waals surface area contributed by atoms with Crippen molar-refractivity contribution in [3.8, 4) is 17.0 Å². The Morgan fingerprint density at radius 2 is 1.79 bits per heavy atom. The van der Waals surface area contributed by atoms with Crippen LogP contribution in [-0.4, -0.2) is 52.9 Å². The van der Waals surface area contributed by atoms with Gasteiger partial charge in [-0.15, -0.1) is 11.3 Å². The van der Waals surface area contributed by atoms with Crippen LogP contribution in [0.3, 0.4) is 0 Å². The summed E-state index contributed by atoms with van der Waals surface area (Å²) in [4.78, 5) is 21.3. The zero-order chi connectivity index (χ0) is 20.6. The number of carbonyl (C=O) groups excluding carboxylic acids is 1. The molecule has 2 aromatic heterocycles. The van der Waals surface area contributed by atoms with Crippen molar-refractivity contribution in [1.29, 1.82) is 0 Å². The first-order valence-electron chi connectivity index (χ1n) is 9.71. The molecule has 1 aliphatic rings. The monoisotopic (exact) mass is 411 g/mol. The smallest absolute Gasteiger partial charge is 0.410 e. The second-order valence-electron chi connectivity index (χ2n) is 8.16. The molecule has 0 unspecified atom stereocenters. The number of aromatic nitrogens is 1. The van der Waals surface area contributed by atoms with Gasteiger partial charge in [0.15, 0.2) is 0 Å². The number of thiophene rings is 1. The molecular weight excluding hydrogens is 386 g/mol. The molecule has 6 nitrogen and oxygen atoms in total. The van der Waals surface area contributed by atoms with E-state index in [9.17, 15) is 9.90 Å². The third-order valence-corrected chi connectivity index (χ3v) is 5.69. The van der Waals surface area contributed by atoms with Crippen LogP contribution in [0.2, 0.25) is 0 Å². The Morgan fingerprint density at radius 3 is 2.45 bits per heavy atom. The number of hydrogen-bond donors (Lipinski definition) is 1. The molecular formula is C22H25N3O3S. The molecule has 1 fully saturated rings. The zero-order valence-corrected chi connectivity index (χ0v) is 17.7. The average Bonchev–Trinajstić information content (AvgIpc) is 3.15. The molecule has 0 atom stereocenters. The summed E-state index contributed by atoms with van der Waals surface area (Å²) in [5, 5.41) is 12.8. The predicted octanol–water partition coefficient (Wildman–Crippen LogP) is 4.73. The average molecular weight is 412 g/mol. The molecule has 0 aliphatic carbocycles. The fraction of sp³-hybridized carbons (Fsp3) is 0.364. The Balaban J connectivity index is 1.57. The van der Waals surface area contributed by atoms with Crippen molar-refractivity contribution in [3.63, 3.8) is 0 Å². The molecule has 7 heteroatoms. The highest BCUT2D eigenvalue weighted by molar-refractivity contribution is 7.17. The number of piperazine rings is 1. The van der Waals surface area contributed by atoms with Gasteiger partial charge < -0.3 is 19.6 Å². The van der Waals surface area contributed by atoms with Crippen molar-refractivity contribution < 1.29 is 14.6 Å². The number of hydrogen-bond acceptors (Lipinski definition) is 6. The van der Waals surface area contributed by atoms with Crippen LogP contribution < -0.4 is 4.90 Å². The lowest BCUT2D eigenvalue weighted by Gasteiger charge is -2.36. The van der Waals surface area contributed by atoms with Crippen LogP contribution in [0.4, 0.5) is 10.6 Å². The van der Waals surface area contributed by atoms with E-state index in [-0.39, 0.29) is 11.8 Å². The van der Waals surface area contributed by atoms with Crippen molar-refractivity contribution in [3.05, 3.63) is 41.8 Å². The van der Waals surface area contributed by atoms with E-state index in [4.69, 9.17) is 9.72 Å². The topological polar surface area (TPSA) is 65.9 Å². The van der Waals surface area contributed by atoms with E-state index in [0.717, 1.165) is 22.5 Å². The number of nitrogens with zero attached hydrogens (tertiary/aromatic N) is 3.